The van der Waals surface area contributed by atoms with Crippen LogP contribution in [0.25, 0.3) is 0 Å². The molecular formula is C16H24N2O. The molecule has 3 nitrogen and oxygen atoms in total. The van der Waals surface area contributed by atoms with Gasteiger partial charge in [0.05, 0.1) is 11.3 Å². The van der Waals surface area contributed by atoms with E-state index in [2.05, 4.69) is 23.9 Å². The van der Waals surface area contributed by atoms with Crippen molar-refractivity contribution in [2.45, 2.75) is 58.8 Å². The number of aromatic nitrogens is 2. The molecule has 0 aliphatic carbocycles. The second-order valence-electron chi connectivity index (χ2n) is 4.91. The molecule has 1 aromatic heterocycles. The zero-order valence-electron chi connectivity index (χ0n) is 12.3. The van der Waals surface area contributed by atoms with E-state index in [-0.39, 0.29) is 0 Å². The lowest BCUT2D eigenvalue weighted by atomic mass is 10.1. The first-order valence-corrected chi connectivity index (χ1v) is 7.18. The summed E-state index contributed by atoms with van der Waals surface area (Å²) in [7, 11) is 1.83. The van der Waals surface area contributed by atoms with Gasteiger partial charge in [-0.15, -0.1) is 0 Å². The van der Waals surface area contributed by atoms with Gasteiger partial charge >= 0.3 is 0 Å². The molecule has 0 fully saturated rings. The third-order valence-electron chi connectivity index (χ3n) is 3.25. The van der Waals surface area contributed by atoms with Crippen LogP contribution < -0.4 is 0 Å². The third kappa shape index (κ3) is 4.90. The molecule has 0 bridgehead atoms. The van der Waals surface area contributed by atoms with Crippen molar-refractivity contribution in [3.63, 3.8) is 0 Å². The number of aldehydes is 1. The summed E-state index contributed by atoms with van der Waals surface area (Å²) in [6.07, 6.45) is 9.40. The van der Waals surface area contributed by atoms with Crippen molar-refractivity contribution < 1.29 is 4.79 Å². The SMILES string of the molecule is CCCCCCCCC#Cc1c(C=O)c(C)nn1C. The number of nitrogens with zero attached hydrogens (tertiary/aromatic N) is 2. The maximum absolute atomic E-state index is 11.0. The second kappa shape index (κ2) is 8.53. The Hall–Kier alpha value is -1.56. The molecule has 0 unspecified atom stereocenters. The molecule has 104 valence electrons. The molecule has 0 aromatic carbocycles. The molecular weight excluding hydrogens is 236 g/mol. The lowest BCUT2D eigenvalue weighted by Gasteiger charge is -1.96. The van der Waals surface area contributed by atoms with Gasteiger partial charge in [0.15, 0.2) is 6.29 Å². The van der Waals surface area contributed by atoms with E-state index in [9.17, 15) is 4.79 Å². The van der Waals surface area contributed by atoms with Gasteiger partial charge in [-0.1, -0.05) is 44.9 Å². The van der Waals surface area contributed by atoms with E-state index in [0.717, 1.165) is 30.5 Å². The van der Waals surface area contributed by atoms with E-state index in [1.165, 1.54) is 32.1 Å². The first-order valence-electron chi connectivity index (χ1n) is 7.18. The Bertz CT molecular complexity index is 463. The summed E-state index contributed by atoms with van der Waals surface area (Å²) >= 11 is 0. The van der Waals surface area contributed by atoms with E-state index in [1.807, 2.05) is 14.0 Å². The van der Waals surface area contributed by atoms with Crippen molar-refractivity contribution in [2.75, 3.05) is 0 Å². The number of hydrogen-bond acceptors (Lipinski definition) is 2. The van der Waals surface area contributed by atoms with Crippen LogP contribution in [-0.2, 0) is 7.05 Å². The summed E-state index contributed by atoms with van der Waals surface area (Å²) in [6, 6.07) is 0. The summed E-state index contributed by atoms with van der Waals surface area (Å²) in [5.74, 6) is 6.23. The Morgan fingerprint density at radius 1 is 1.21 bits per heavy atom. The van der Waals surface area contributed by atoms with Crippen LogP contribution in [0.15, 0.2) is 0 Å². The number of carbonyl (C=O) groups excluding carboxylic acids is 1. The van der Waals surface area contributed by atoms with Gasteiger partial charge in [0.25, 0.3) is 0 Å². The fraction of sp³-hybridized carbons (Fsp3) is 0.625. The van der Waals surface area contributed by atoms with Crippen molar-refractivity contribution in [3.05, 3.63) is 17.0 Å². The largest absolute Gasteiger partial charge is 0.298 e. The van der Waals surface area contributed by atoms with Crippen molar-refractivity contribution in [1.29, 1.82) is 0 Å². The number of rotatable bonds is 7. The van der Waals surface area contributed by atoms with Gasteiger partial charge in [-0.2, -0.15) is 5.10 Å². The zero-order chi connectivity index (χ0) is 14.1. The molecule has 0 amide bonds. The average Bonchev–Trinajstić information content (AvgIpc) is 2.66. The van der Waals surface area contributed by atoms with Gasteiger partial charge in [0, 0.05) is 13.5 Å². The standard InChI is InChI=1S/C16H24N2O/c1-4-5-6-7-8-9-10-11-12-16-15(13-19)14(2)17-18(16)3/h13H,4-10H2,1-3H3. The Balaban J connectivity index is 2.40. The Morgan fingerprint density at radius 2 is 1.89 bits per heavy atom. The molecule has 0 atom stereocenters. The fourth-order valence-corrected chi connectivity index (χ4v) is 2.10. The van der Waals surface area contributed by atoms with Crippen LogP contribution in [0.4, 0.5) is 0 Å². The molecule has 0 radical (unpaired) electrons. The predicted molar refractivity (Wildman–Crippen MR) is 78.2 cm³/mol. The first-order chi connectivity index (χ1) is 9.20. The Labute approximate surface area is 116 Å². The normalized spacial score (nSPS) is 10.1. The van der Waals surface area contributed by atoms with Crippen LogP contribution in [0, 0.1) is 18.8 Å². The summed E-state index contributed by atoms with van der Waals surface area (Å²) in [6.45, 7) is 4.06. The predicted octanol–water partition coefficient (Wildman–Crippen LogP) is 3.64. The molecule has 0 aliphatic heterocycles. The molecule has 0 saturated heterocycles. The highest BCUT2D eigenvalue weighted by molar-refractivity contribution is 5.80. The Kier molecular flexibility index (Phi) is 6.95. The summed E-state index contributed by atoms with van der Waals surface area (Å²) in [4.78, 5) is 11.0. The number of unbranched alkanes of at least 4 members (excludes halogenated alkanes) is 6. The topological polar surface area (TPSA) is 34.9 Å². The van der Waals surface area contributed by atoms with Crippen LogP contribution in [0.1, 0.15) is 73.6 Å². The lowest BCUT2D eigenvalue weighted by Crippen LogP contribution is -1.95. The van der Waals surface area contributed by atoms with E-state index in [1.54, 1.807) is 4.68 Å². The maximum atomic E-state index is 11.0. The lowest BCUT2D eigenvalue weighted by molar-refractivity contribution is 0.112. The molecule has 3 heteroatoms. The van der Waals surface area contributed by atoms with E-state index in [0.29, 0.717) is 5.56 Å². The van der Waals surface area contributed by atoms with Crippen molar-refractivity contribution >= 4 is 6.29 Å². The zero-order valence-corrected chi connectivity index (χ0v) is 12.3. The Morgan fingerprint density at radius 3 is 2.58 bits per heavy atom. The average molecular weight is 260 g/mol. The molecule has 0 saturated carbocycles. The maximum Gasteiger partial charge on any atom is 0.154 e. The van der Waals surface area contributed by atoms with Crippen LogP contribution in [-0.4, -0.2) is 16.1 Å². The van der Waals surface area contributed by atoms with E-state index in [4.69, 9.17) is 0 Å². The minimum Gasteiger partial charge on any atom is -0.298 e. The number of carbonyl (C=O) groups is 1. The van der Waals surface area contributed by atoms with Gasteiger partial charge in [-0.3, -0.25) is 9.48 Å². The number of aryl methyl sites for hydroxylation is 2. The molecule has 0 N–H and O–H groups in total. The van der Waals surface area contributed by atoms with Crippen molar-refractivity contribution in [1.82, 2.24) is 9.78 Å². The van der Waals surface area contributed by atoms with Gasteiger partial charge in [0.1, 0.15) is 5.69 Å². The molecule has 0 spiro atoms. The summed E-state index contributed by atoms with van der Waals surface area (Å²) < 4.78 is 1.69. The van der Waals surface area contributed by atoms with Crippen LogP contribution in [0.5, 0.6) is 0 Å². The number of hydrogen-bond donors (Lipinski definition) is 0. The second-order valence-corrected chi connectivity index (χ2v) is 4.91. The highest BCUT2D eigenvalue weighted by Gasteiger charge is 2.09. The highest BCUT2D eigenvalue weighted by atomic mass is 16.1. The summed E-state index contributed by atoms with van der Waals surface area (Å²) in [5, 5.41) is 4.21. The van der Waals surface area contributed by atoms with Crippen LogP contribution >= 0.6 is 0 Å². The molecule has 1 aromatic rings. The van der Waals surface area contributed by atoms with Gasteiger partial charge < -0.3 is 0 Å². The van der Waals surface area contributed by atoms with Crippen LogP contribution in [0.3, 0.4) is 0 Å². The van der Waals surface area contributed by atoms with Gasteiger partial charge in [-0.25, -0.2) is 0 Å². The molecule has 0 aliphatic rings. The smallest absolute Gasteiger partial charge is 0.154 e. The van der Waals surface area contributed by atoms with E-state index < -0.39 is 0 Å². The van der Waals surface area contributed by atoms with Crippen molar-refractivity contribution in [3.8, 4) is 11.8 Å². The van der Waals surface area contributed by atoms with Crippen LogP contribution in [0.2, 0.25) is 0 Å². The monoisotopic (exact) mass is 260 g/mol. The summed E-state index contributed by atoms with van der Waals surface area (Å²) in [5.41, 5.74) is 2.11. The molecule has 1 heterocycles. The van der Waals surface area contributed by atoms with Crippen molar-refractivity contribution in [2.24, 2.45) is 7.05 Å². The quantitative estimate of drug-likeness (QED) is 0.426. The third-order valence-corrected chi connectivity index (χ3v) is 3.25. The first kappa shape index (κ1) is 15.5. The molecule has 1 rings (SSSR count). The minimum atomic E-state index is 0.623. The molecule has 19 heavy (non-hydrogen) atoms. The van der Waals surface area contributed by atoms with Gasteiger partial charge in [-0.05, 0) is 19.3 Å². The van der Waals surface area contributed by atoms with Gasteiger partial charge in [0.2, 0.25) is 0 Å². The highest BCUT2D eigenvalue weighted by Crippen LogP contribution is 2.09. The minimum absolute atomic E-state index is 0.623. The fourth-order valence-electron chi connectivity index (χ4n) is 2.10. The van der Waals surface area contributed by atoms with E-state index >= 15 is 0 Å².